The molecule has 1 N–H and O–H groups in total. The fraction of sp³-hybridized carbons (Fsp3) is 0. The zero-order chi connectivity index (χ0) is 12.4. The predicted octanol–water partition coefficient (Wildman–Crippen LogP) is 3.42. The van der Waals surface area contributed by atoms with E-state index in [1.807, 2.05) is 6.07 Å². The van der Waals surface area contributed by atoms with Crippen molar-refractivity contribution >= 4 is 55.2 Å². The van der Waals surface area contributed by atoms with Gasteiger partial charge in [0.1, 0.15) is 0 Å². The van der Waals surface area contributed by atoms with E-state index in [4.69, 9.17) is 9.52 Å². The number of thiophene rings is 1. The van der Waals surface area contributed by atoms with Gasteiger partial charge in [-0.1, -0.05) is 0 Å². The lowest BCUT2D eigenvalue weighted by atomic mass is 10.3. The molecule has 0 fully saturated rings. The molecule has 2 aromatic heterocycles. The zero-order valence-corrected chi connectivity index (χ0v) is 12.0. The number of carbonyl (C=O) groups is 1. The molecule has 0 aliphatic heterocycles. The zero-order valence-electron chi connectivity index (χ0n) is 8.05. The van der Waals surface area contributed by atoms with Crippen LogP contribution >= 0.6 is 43.2 Å². The number of hydrogen-bond donors (Lipinski definition) is 1. The van der Waals surface area contributed by atoms with E-state index in [0.29, 0.717) is 5.89 Å². The number of nitrogens with zero attached hydrogens (tertiary/aromatic N) is 2. The number of carboxylic acid groups (broad SMARTS) is 1. The molecule has 2 rings (SSSR count). The van der Waals surface area contributed by atoms with Gasteiger partial charge in [-0.2, -0.15) is 0 Å². The van der Waals surface area contributed by atoms with Crippen molar-refractivity contribution in [2.45, 2.75) is 0 Å². The van der Waals surface area contributed by atoms with E-state index in [9.17, 15) is 4.79 Å². The predicted molar refractivity (Wildman–Crippen MR) is 69.7 cm³/mol. The van der Waals surface area contributed by atoms with Crippen LogP contribution in [-0.4, -0.2) is 21.3 Å². The molecule has 5 nitrogen and oxygen atoms in total. The Kier molecular flexibility index (Phi) is 3.75. The van der Waals surface area contributed by atoms with Crippen LogP contribution in [0.15, 0.2) is 24.1 Å². The Labute approximate surface area is 116 Å². The van der Waals surface area contributed by atoms with Gasteiger partial charge in [0.2, 0.25) is 11.8 Å². The minimum Gasteiger partial charge on any atom is -0.478 e. The molecule has 17 heavy (non-hydrogen) atoms. The van der Waals surface area contributed by atoms with Crippen LogP contribution in [-0.2, 0) is 4.79 Å². The summed E-state index contributed by atoms with van der Waals surface area (Å²) in [6, 6.07) is 1.84. The highest BCUT2D eigenvalue weighted by molar-refractivity contribution is 9.12. The molecule has 0 atom stereocenters. The van der Waals surface area contributed by atoms with Crippen molar-refractivity contribution in [3.63, 3.8) is 0 Å². The highest BCUT2D eigenvalue weighted by Crippen LogP contribution is 2.37. The van der Waals surface area contributed by atoms with Gasteiger partial charge in [0.05, 0.1) is 13.1 Å². The maximum atomic E-state index is 10.3. The smallest absolute Gasteiger partial charge is 0.328 e. The third-order valence-electron chi connectivity index (χ3n) is 1.70. The van der Waals surface area contributed by atoms with Gasteiger partial charge in [0, 0.05) is 12.2 Å². The van der Waals surface area contributed by atoms with Crippen LogP contribution in [0.4, 0.5) is 0 Å². The molecule has 0 spiro atoms. The van der Waals surface area contributed by atoms with E-state index in [1.54, 1.807) is 0 Å². The Morgan fingerprint density at radius 3 is 2.82 bits per heavy atom. The average Bonchev–Trinajstić information content (AvgIpc) is 2.82. The van der Waals surface area contributed by atoms with E-state index in [0.717, 1.165) is 19.2 Å². The summed E-state index contributed by atoms with van der Waals surface area (Å²) in [5.74, 6) is -0.579. The monoisotopic (exact) mass is 378 g/mol. The van der Waals surface area contributed by atoms with Crippen LogP contribution < -0.4 is 0 Å². The van der Waals surface area contributed by atoms with Gasteiger partial charge in [0.25, 0.3) is 0 Å². The van der Waals surface area contributed by atoms with Gasteiger partial charge in [-0.3, -0.25) is 0 Å². The van der Waals surface area contributed by atoms with Gasteiger partial charge in [-0.05, 0) is 37.9 Å². The second-order valence-corrected chi connectivity index (χ2v) is 6.60. The Morgan fingerprint density at radius 2 is 2.24 bits per heavy atom. The molecule has 0 aliphatic carbocycles. The van der Waals surface area contributed by atoms with E-state index in [1.165, 1.54) is 17.4 Å². The standard InChI is InChI=1S/C9H4Br2N2O3S/c10-5-3-4(8(11)17-5)9-13-12-6(16-9)1-2-7(14)15/h1-3H,(H,14,15)/b2-1+. The van der Waals surface area contributed by atoms with E-state index >= 15 is 0 Å². The van der Waals surface area contributed by atoms with Crippen molar-refractivity contribution in [3.8, 4) is 11.5 Å². The Bertz CT molecular complexity index is 591. The molecule has 8 heteroatoms. The van der Waals surface area contributed by atoms with Gasteiger partial charge in [0.15, 0.2) is 0 Å². The summed E-state index contributed by atoms with van der Waals surface area (Å²) in [5, 5.41) is 16.0. The maximum Gasteiger partial charge on any atom is 0.328 e. The van der Waals surface area contributed by atoms with Gasteiger partial charge in [-0.25, -0.2) is 4.79 Å². The molecule has 0 aliphatic rings. The van der Waals surface area contributed by atoms with Gasteiger partial charge in [-0.15, -0.1) is 21.5 Å². The van der Waals surface area contributed by atoms with Crippen LogP contribution in [0.3, 0.4) is 0 Å². The maximum absolute atomic E-state index is 10.3. The van der Waals surface area contributed by atoms with E-state index in [-0.39, 0.29) is 5.89 Å². The molecular weight excluding hydrogens is 376 g/mol. The number of carboxylic acids is 1. The Balaban J connectivity index is 2.30. The lowest BCUT2D eigenvalue weighted by Gasteiger charge is -1.88. The number of rotatable bonds is 3. The van der Waals surface area contributed by atoms with Gasteiger partial charge >= 0.3 is 5.97 Å². The van der Waals surface area contributed by atoms with Crippen LogP contribution in [0.25, 0.3) is 17.5 Å². The first-order valence-corrected chi connectivity index (χ1v) is 6.66. The number of hydrogen-bond acceptors (Lipinski definition) is 5. The summed E-state index contributed by atoms with van der Waals surface area (Å²) in [6.07, 6.45) is 2.18. The number of halogens is 2. The molecule has 0 unspecified atom stereocenters. The van der Waals surface area contributed by atoms with Crippen LogP contribution in [0.5, 0.6) is 0 Å². The molecule has 0 saturated carbocycles. The van der Waals surface area contributed by atoms with Crippen molar-refractivity contribution in [1.82, 2.24) is 10.2 Å². The third-order valence-corrected chi connectivity index (χ3v) is 4.04. The third kappa shape index (κ3) is 3.02. The minimum atomic E-state index is -1.07. The van der Waals surface area contributed by atoms with Crippen molar-refractivity contribution < 1.29 is 14.3 Å². The van der Waals surface area contributed by atoms with Crippen LogP contribution in [0.2, 0.25) is 0 Å². The fourth-order valence-corrected chi connectivity index (χ4v) is 3.82. The average molecular weight is 380 g/mol. The molecule has 0 bridgehead atoms. The first-order chi connectivity index (χ1) is 8.06. The Hall–Kier alpha value is -0.990. The van der Waals surface area contributed by atoms with E-state index in [2.05, 4.69) is 42.1 Å². The Morgan fingerprint density at radius 1 is 1.47 bits per heavy atom. The largest absolute Gasteiger partial charge is 0.478 e. The topological polar surface area (TPSA) is 76.2 Å². The molecule has 88 valence electrons. The summed E-state index contributed by atoms with van der Waals surface area (Å²) in [7, 11) is 0. The molecule has 2 heterocycles. The van der Waals surface area contributed by atoms with Crippen molar-refractivity contribution in [2.75, 3.05) is 0 Å². The molecule has 0 amide bonds. The van der Waals surface area contributed by atoms with Crippen molar-refractivity contribution in [2.24, 2.45) is 0 Å². The normalized spacial score (nSPS) is 11.2. The number of aromatic nitrogens is 2. The lowest BCUT2D eigenvalue weighted by molar-refractivity contribution is -0.131. The van der Waals surface area contributed by atoms with Gasteiger partial charge < -0.3 is 9.52 Å². The second-order valence-electron chi connectivity index (χ2n) is 2.85. The summed E-state index contributed by atoms with van der Waals surface area (Å²) in [4.78, 5) is 10.3. The minimum absolute atomic E-state index is 0.150. The molecule has 0 radical (unpaired) electrons. The first kappa shape index (κ1) is 12.5. The fourth-order valence-electron chi connectivity index (χ4n) is 1.04. The molecule has 0 saturated heterocycles. The quantitative estimate of drug-likeness (QED) is 0.827. The highest BCUT2D eigenvalue weighted by Gasteiger charge is 2.13. The summed E-state index contributed by atoms with van der Waals surface area (Å²) in [6.45, 7) is 0. The van der Waals surface area contributed by atoms with Crippen LogP contribution in [0.1, 0.15) is 5.89 Å². The highest BCUT2D eigenvalue weighted by atomic mass is 79.9. The van der Waals surface area contributed by atoms with Crippen LogP contribution in [0, 0.1) is 0 Å². The van der Waals surface area contributed by atoms with Crippen molar-refractivity contribution in [3.05, 3.63) is 25.6 Å². The lowest BCUT2D eigenvalue weighted by Crippen LogP contribution is -1.85. The first-order valence-electron chi connectivity index (χ1n) is 4.26. The summed E-state index contributed by atoms with van der Waals surface area (Å²) in [5.41, 5.74) is 0.768. The summed E-state index contributed by atoms with van der Waals surface area (Å²) >= 11 is 8.20. The number of aliphatic carboxylic acids is 1. The van der Waals surface area contributed by atoms with Crippen molar-refractivity contribution in [1.29, 1.82) is 0 Å². The molecule has 0 aromatic carbocycles. The molecule has 2 aromatic rings. The second kappa shape index (κ2) is 5.11. The SMILES string of the molecule is O=C(O)/C=C/c1nnc(-c2cc(Br)sc2Br)o1. The summed E-state index contributed by atoms with van der Waals surface area (Å²) < 4.78 is 7.09. The molecular formula is C9H4Br2N2O3S. The van der Waals surface area contributed by atoms with E-state index < -0.39 is 5.97 Å².